The molecule has 0 bridgehead atoms. The molecule has 2 rings (SSSR count). The van der Waals surface area contributed by atoms with Gasteiger partial charge in [0.25, 0.3) is 0 Å². The second-order valence-corrected chi connectivity index (χ2v) is 4.87. The first-order valence-corrected chi connectivity index (χ1v) is 6.84. The Labute approximate surface area is 123 Å². The Morgan fingerprint density at radius 2 is 2.05 bits per heavy atom. The number of ether oxygens (including phenoxy) is 1. The lowest BCUT2D eigenvalue weighted by Crippen LogP contribution is -2.34. The lowest BCUT2D eigenvalue weighted by atomic mass is 10.1. The molecule has 0 aliphatic heterocycles. The number of rotatable bonds is 6. The topological polar surface area (TPSA) is 71.7 Å². The summed E-state index contributed by atoms with van der Waals surface area (Å²) in [7, 11) is 0. The first kappa shape index (κ1) is 15.1. The molecular formula is C16H19NO4. The Kier molecular flexibility index (Phi) is 5.40. The van der Waals surface area contributed by atoms with Gasteiger partial charge in [-0.05, 0) is 24.6 Å². The number of alkyl carbamates (subject to hydrolysis) is 1. The van der Waals surface area contributed by atoms with E-state index in [9.17, 15) is 9.90 Å². The van der Waals surface area contributed by atoms with Crippen LogP contribution in [0.1, 0.15) is 30.8 Å². The summed E-state index contributed by atoms with van der Waals surface area (Å²) in [5.41, 5.74) is 0.927. The number of aliphatic hydroxyl groups excluding tert-OH is 1. The molecule has 0 fully saturated rings. The van der Waals surface area contributed by atoms with E-state index in [4.69, 9.17) is 9.15 Å². The van der Waals surface area contributed by atoms with E-state index < -0.39 is 12.2 Å². The number of benzene rings is 1. The SMILES string of the molecule is CC(CC(O)c1ccco1)NC(=O)OCc1ccccc1. The summed E-state index contributed by atoms with van der Waals surface area (Å²) in [5.74, 6) is 0.487. The zero-order valence-electron chi connectivity index (χ0n) is 11.9. The number of furan rings is 1. The highest BCUT2D eigenvalue weighted by Gasteiger charge is 2.16. The van der Waals surface area contributed by atoms with Crippen LogP contribution in [0, 0.1) is 0 Å². The number of hydrogen-bond donors (Lipinski definition) is 2. The molecule has 0 radical (unpaired) electrons. The summed E-state index contributed by atoms with van der Waals surface area (Å²) in [5, 5.41) is 12.6. The van der Waals surface area contributed by atoms with Crippen molar-refractivity contribution in [3.8, 4) is 0 Å². The van der Waals surface area contributed by atoms with Crippen LogP contribution in [0.15, 0.2) is 53.1 Å². The van der Waals surface area contributed by atoms with Gasteiger partial charge in [-0.1, -0.05) is 30.3 Å². The van der Waals surface area contributed by atoms with Crippen LogP contribution >= 0.6 is 0 Å². The normalized spacial score (nSPS) is 13.4. The van der Waals surface area contributed by atoms with E-state index in [1.165, 1.54) is 6.26 Å². The highest BCUT2D eigenvalue weighted by molar-refractivity contribution is 5.67. The van der Waals surface area contributed by atoms with Gasteiger partial charge in [-0.3, -0.25) is 0 Å². The van der Waals surface area contributed by atoms with Crippen molar-refractivity contribution in [1.29, 1.82) is 0 Å². The standard InChI is InChI=1S/C16H19NO4/c1-12(10-14(18)15-8-5-9-20-15)17-16(19)21-11-13-6-3-2-4-7-13/h2-9,12,14,18H,10-11H2,1H3,(H,17,19). The number of carbonyl (C=O) groups is 1. The smallest absolute Gasteiger partial charge is 0.407 e. The van der Waals surface area contributed by atoms with Crippen molar-refractivity contribution in [2.24, 2.45) is 0 Å². The van der Waals surface area contributed by atoms with Crippen molar-refractivity contribution in [3.05, 3.63) is 60.1 Å². The summed E-state index contributed by atoms with van der Waals surface area (Å²) < 4.78 is 10.2. The van der Waals surface area contributed by atoms with Gasteiger partial charge in [-0.15, -0.1) is 0 Å². The lowest BCUT2D eigenvalue weighted by molar-refractivity contribution is 0.115. The summed E-state index contributed by atoms with van der Waals surface area (Å²) in [6.45, 7) is 2.02. The molecule has 2 atom stereocenters. The maximum absolute atomic E-state index is 11.7. The van der Waals surface area contributed by atoms with Crippen LogP contribution in [0.25, 0.3) is 0 Å². The highest BCUT2D eigenvalue weighted by atomic mass is 16.5. The third-order valence-electron chi connectivity index (χ3n) is 3.03. The lowest BCUT2D eigenvalue weighted by Gasteiger charge is -2.16. The fraction of sp³-hybridized carbons (Fsp3) is 0.312. The van der Waals surface area contributed by atoms with Gasteiger partial charge in [0.05, 0.1) is 6.26 Å². The van der Waals surface area contributed by atoms with Crippen molar-refractivity contribution in [2.45, 2.75) is 32.1 Å². The van der Waals surface area contributed by atoms with Crippen molar-refractivity contribution < 1.29 is 19.1 Å². The zero-order valence-corrected chi connectivity index (χ0v) is 11.9. The molecule has 1 aromatic carbocycles. The van der Waals surface area contributed by atoms with Gasteiger partial charge in [0, 0.05) is 12.5 Å². The molecule has 0 saturated carbocycles. The van der Waals surface area contributed by atoms with E-state index in [1.807, 2.05) is 30.3 Å². The number of carbonyl (C=O) groups excluding carboxylic acids is 1. The van der Waals surface area contributed by atoms with Crippen LogP contribution in [0.5, 0.6) is 0 Å². The fourth-order valence-corrected chi connectivity index (χ4v) is 1.96. The molecule has 2 unspecified atom stereocenters. The van der Waals surface area contributed by atoms with Crippen molar-refractivity contribution in [2.75, 3.05) is 0 Å². The fourth-order valence-electron chi connectivity index (χ4n) is 1.96. The minimum atomic E-state index is -0.746. The molecule has 112 valence electrons. The van der Waals surface area contributed by atoms with E-state index in [2.05, 4.69) is 5.32 Å². The number of nitrogens with one attached hydrogen (secondary N) is 1. The molecular weight excluding hydrogens is 270 g/mol. The number of aliphatic hydroxyl groups is 1. The molecule has 0 aliphatic rings. The Morgan fingerprint density at radius 1 is 1.29 bits per heavy atom. The van der Waals surface area contributed by atoms with E-state index in [0.29, 0.717) is 12.2 Å². The predicted octanol–water partition coefficient (Wildman–Crippen LogP) is 3.02. The summed E-state index contributed by atoms with van der Waals surface area (Å²) in [6, 6.07) is 12.6. The van der Waals surface area contributed by atoms with Crippen LogP contribution < -0.4 is 5.32 Å². The maximum Gasteiger partial charge on any atom is 0.407 e. The Balaban J connectivity index is 1.72. The predicted molar refractivity (Wildman–Crippen MR) is 77.5 cm³/mol. The van der Waals surface area contributed by atoms with Crippen LogP contribution in [-0.2, 0) is 11.3 Å². The monoisotopic (exact) mass is 289 g/mol. The Hall–Kier alpha value is -2.27. The van der Waals surface area contributed by atoms with Crippen molar-refractivity contribution >= 4 is 6.09 Å². The van der Waals surface area contributed by atoms with Crippen LogP contribution in [0.2, 0.25) is 0 Å². The average Bonchev–Trinajstić information content (AvgIpc) is 3.00. The van der Waals surface area contributed by atoms with Gasteiger partial charge >= 0.3 is 6.09 Å². The first-order chi connectivity index (χ1) is 10.1. The molecule has 5 nitrogen and oxygen atoms in total. The summed E-state index contributed by atoms with van der Waals surface area (Å²) in [4.78, 5) is 11.7. The van der Waals surface area contributed by atoms with E-state index in [-0.39, 0.29) is 12.6 Å². The second-order valence-electron chi connectivity index (χ2n) is 4.87. The molecule has 0 saturated heterocycles. The first-order valence-electron chi connectivity index (χ1n) is 6.84. The molecule has 0 aliphatic carbocycles. The van der Waals surface area contributed by atoms with E-state index >= 15 is 0 Å². The summed E-state index contributed by atoms with van der Waals surface area (Å²) in [6.07, 6.45) is 0.612. The van der Waals surface area contributed by atoms with Gasteiger partial charge < -0.3 is 19.6 Å². The minimum absolute atomic E-state index is 0.222. The molecule has 2 aromatic rings. The molecule has 1 amide bonds. The van der Waals surface area contributed by atoms with E-state index in [0.717, 1.165) is 5.56 Å². The minimum Gasteiger partial charge on any atom is -0.467 e. The third kappa shape index (κ3) is 4.96. The third-order valence-corrected chi connectivity index (χ3v) is 3.03. The second kappa shape index (κ2) is 7.50. The van der Waals surface area contributed by atoms with Crippen LogP contribution in [0.4, 0.5) is 4.79 Å². The molecule has 5 heteroatoms. The number of hydrogen-bond acceptors (Lipinski definition) is 4. The largest absolute Gasteiger partial charge is 0.467 e. The van der Waals surface area contributed by atoms with E-state index in [1.54, 1.807) is 19.1 Å². The highest BCUT2D eigenvalue weighted by Crippen LogP contribution is 2.18. The van der Waals surface area contributed by atoms with Gasteiger partial charge in [-0.25, -0.2) is 4.79 Å². The van der Waals surface area contributed by atoms with Crippen molar-refractivity contribution in [3.63, 3.8) is 0 Å². The average molecular weight is 289 g/mol. The molecule has 21 heavy (non-hydrogen) atoms. The zero-order chi connectivity index (χ0) is 15.1. The van der Waals surface area contributed by atoms with Gasteiger partial charge in [-0.2, -0.15) is 0 Å². The quantitative estimate of drug-likeness (QED) is 0.857. The van der Waals surface area contributed by atoms with Gasteiger partial charge in [0.1, 0.15) is 18.5 Å². The Morgan fingerprint density at radius 3 is 2.71 bits per heavy atom. The number of amides is 1. The van der Waals surface area contributed by atoms with Crippen molar-refractivity contribution in [1.82, 2.24) is 5.32 Å². The summed E-state index contributed by atoms with van der Waals surface area (Å²) >= 11 is 0. The van der Waals surface area contributed by atoms with Gasteiger partial charge in [0.15, 0.2) is 0 Å². The Bertz CT molecular complexity index is 539. The van der Waals surface area contributed by atoms with Crippen LogP contribution in [0.3, 0.4) is 0 Å². The maximum atomic E-state index is 11.7. The molecule has 1 aromatic heterocycles. The van der Waals surface area contributed by atoms with Crippen LogP contribution in [-0.4, -0.2) is 17.2 Å². The molecule has 0 spiro atoms. The molecule has 1 heterocycles. The van der Waals surface area contributed by atoms with Gasteiger partial charge in [0.2, 0.25) is 0 Å². The molecule has 2 N–H and O–H groups in total.